The number of rotatable bonds is 4. The van der Waals surface area contributed by atoms with Crippen LogP contribution in [0, 0.1) is 22.7 Å². The van der Waals surface area contributed by atoms with Gasteiger partial charge in [-0.2, -0.15) is 10.5 Å². The lowest BCUT2D eigenvalue weighted by atomic mass is 9.94. The van der Waals surface area contributed by atoms with Gasteiger partial charge in [0.25, 0.3) is 0 Å². The summed E-state index contributed by atoms with van der Waals surface area (Å²) in [4.78, 5) is 0. The van der Waals surface area contributed by atoms with Crippen molar-refractivity contribution in [3.05, 3.63) is 169 Å². The molecule has 9 aromatic rings. The van der Waals surface area contributed by atoms with Crippen LogP contribution in [-0.4, -0.2) is 9.13 Å². The minimum atomic E-state index is 0.356. The molecular formula is C44H26N4. The van der Waals surface area contributed by atoms with Crippen LogP contribution in [0.15, 0.2) is 158 Å². The summed E-state index contributed by atoms with van der Waals surface area (Å²) in [6.45, 7) is 0. The third-order valence-electron chi connectivity index (χ3n) is 9.43. The summed E-state index contributed by atoms with van der Waals surface area (Å²) in [5.41, 5.74) is 10.9. The maximum atomic E-state index is 10.5. The summed E-state index contributed by atoms with van der Waals surface area (Å²) < 4.78 is 4.47. The molecule has 0 radical (unpaired) electrons. The van der Waals surface area contributed by atoms with Crippen LogP contribution in [0.4, 0.5) is 0 Å². The molecule has 0 aliphatic heterocycles. The van der Waals surface area contributed by atoms with Gasteiger partial charge in [-0.3, -0.25) is 0 Å². The third-order valence-corrected chi connectivity index (χ3v) is 9.43. The quantitative estimate of drug-likeness (QED) is 0.199. The number of para-hydroxylation sites is 4. The van der Waals surface area contributed by atoms with Crippen molar-refractivity contribution < 1.29 is 0 Å². The molecule has 222 valence electrons. The largest absolute Gasteiger partial charge is 0.309 e. The maximum absolute atomic E-state index is 10.5. The van der Waals surface area contributed by atoms with E-state index in [0.717, 1.165) is 49.7 Å². The number of hydrogen-bond acceptors (Lipinski definition) is 2. The summed E-state index contributed by atoms with van der Waals surface area (Å²) in [5, 5.41) is 25.2. The molecule has 7 aromatic carbocycles. The van der Waals surface area contributed by atoms with Gasteiger partial charge in [0.1, 0.15) is 12.1 Å². The number of aromatic nitrogens is 2. The summed E-state index contributed by atoms with van der Waals surface area (Å²) in [7, 11) is 0. The van der Waals surface area contributed by atoms with Crippen molar-refractivity contribution in [1.82, 2.24) is 9.13 Å². The second-order valence-corrected chi connectivity index (χ2v) is 12.0. The highest BCUT2D eigenvalue weighted by atomic mass is 15.0. The third kappa shape index (κ3) is 4.07. The van der Waals surface area contributed by atoms with Crippen LogP contribution in [0.25, 0.3) is 77.2 Å². The summed E-state index contributed by atoms with van der Waals surface area (Å²) in [6.07, 6.45) is 0. The zero-order chi connectivity index (χ0) is 32.2. The average molecular weight is 611 g/mol. The lowest BCUT2D eigenvalue weighted by molar-refractivity contribution is 1.16. The van der Waals surface area contributed by atoms with Gasteiger partial charge in [0, 0.05) is 32.8 Å². The Bertz CT molecular complexity index is 2690. The molecule has 9 rings (SSSR count). The minimum absolute atomic E-state index is 0.356. The Labute approximate surface area is 277 Å². The fourth-order valence-electron chi connectivity index (χ4n) is 7.30. The number of benzene rings is 7. The van der Waals surface area contributed by atoms with Gasteiger partial charge >= 0.3 is 0 Å². The van der Waals surface area contributed by atoms with Gasteiger partial charge < -0.3 is 9.13 Å². The van der Waals surface area contributed by atoms with Crippen molar-refractivity contribution in [3.63, 3.8) is 0 Å². The highest BCUT2D eigenvalue weighted by Gasteiger charge is 2.21. The molecule has 2 heterocycles. The smallest absolute Gasteiger partial charge is 0.103 e. The Kier molecular flexibility index (Phi) is 6.22. The van der Waals surface area contributed by atoms with Crippen LogP contribution < -0.4 is 0 Å². The number of nitriles is 2. The molecule has 0 amide bonds. The average Bonchev–Trinajstić information content (AvgIpc) is 3.67. The molecule has 0 aliphatic rings. The first-order valence-electron chi connectivity index (χ1n) is 15.9. The van der Waals surface area contributed by atoms with Crippen molar-refractivity contribution in [3.8, 4) is 45.8 Å². The van der Waals surface area contributed by atoms with E-state index in [9.17, 15) is 10.5 Å². The van der Waals surface area contributed by atoms with E-state index in [0.29, 0.717) is 16.8 Å². The van der Waals surface area contributed by atoms with E-state index >= 15 is 0 Å². The van der Waals surface area contributed by atoms with E-state index < -0.39 is 0 Å². The van der Waals surface area contributed by atoms with Crippen LogP contribution in [0.1, 0.15) is 11.1 Å². The van der Waals surface area contributed by atoms with Crippen LogP contribution in [0.3, 0.4) is 0 Å². The SMILES string of the molecule is N#Cc1ccc(-c2cccc(-c3ccc(-n4c5ccccc5c5ccccc54)cc3)c2)c(-n2c3ccccc3c3ccccc32)c1C#N. The molecule has 0 unspecified atom stereocenters. The van der Waals surface area contributed by atoms with E-state index in [1.165, 1.54) is 21.8 Å². The summed E-state index contributed by atoms with van der Waals surface area (Å²) in [5.74, 6) is 0. The molecule has 0 atom stereocenters. The molecule has 4 heteroatoms. The summed E-state index contributed by atoms with van der Waals surface area (Å²) in [6, 6.07) is 59.1. The van der Waals surface area contributed by atoms with Crippen LogP contribution in [0.2, 0.25) is 0 Å². The van der Waals surface area contributed by atoms with E-state index in [2.05, 4.69) is 143 Å². The van der Waals surface area contributed by atoms with Gasteiger partial charge in [0.2, 0.25) is 0 Å². The van der Waals surface area contributed by atoms with Crippen molar-refractivity contribution >= 4 is 43.6 Å². The van der Waals surface area contributed by atoms with Crippen molar-refractivity contribution in [2.75, 3.05) is 0 Å². The number of nitrogens with zero attached hydrogens (tertiary/aromatic N) is 4. The molecule has 4 nitrogen and oxygen atoms in total. The molecule has 0 aliphatic carbocycles. The fraction of sp³-hybridized carbons (Fsp3) is 0. The van der Waals surface area contributed by atoms with E-state index in [4.69, 9.17) is 0 Å². The van der Waals surface area contributed by atoms with Gasteiger partial charge in [-0.05, 0) is 65.2 Å². The fourth-order valence-corrected chi connectivity index (χ4v) is 7.30. The molecule has 2 aromatic heterocycles. The monoisotopic (exact) mass is 610 g/mol. The minimum Gasteiger partial charge on any atom is -0.309 e. The van der Waals surface area contributed by atoms with E-state index in [-0.39, 0.29) is 0 Å². The molecule has 0 N–H and O–H groups in total. The standard InChI is InChI=1S/C44H26N4/c45-27-32-22-25-34(44(39(32)28-46)48-42-18-7-3-14-37(42)38-15-4-8-19-43(38)48)31-11-9-10-30(26-31)29-20-23-33(24-21-29)47-40-16-5-1-12-35(40)36-13-2-6-17-41(36)47/h1-26H. The molecule has 0 saturated heterocycles. The molecule has 48 heavy (non-hydrogen) atoms. The number of fused-ring (bicyclic) bond motifs is 6. The zero-order valence-electron chi connectivity index (χ0n) is 25.8. The molecular weight excluding hydrogens is 585 g/mol. The first-order chi connectivity index (χ1) is 23.7. The Morgan fingerprint density at radius 3 is 1.42 bits per heavy atom. The van der Waals surface area contributed by atoms with E-state index in [1.54, 1.807) is 6.07 Å². The van der Waals surface area contributed by atoms with Gasteiger partial charge in [-0.15, -0.1) is 0 Å². The van der Waals surface area contributed by atoms with Gasteiger partial charge in [-0.25, -0.2) is 0 Å². The molecule has 0 saturated carbocycles. The van der Waals surface area contributed by atoms with Crippen LogP contribution in [-0.2, 0) is 0 Å². The number of hydrogen-bond donors (Lipinski definition) is 0. The Hall–Kier alpha value is -6.88. The second kappa shape index (κ2) is 10.9. The highest BCUT2D eigenvalue weighted by Crippen LogP contribution is 2.40. The molecule has 0 spiro atoms. The van der Waals surface area contributed by atoms with Crippen LogP contribution in [0.5, 0.6) is 0 Å². The molecule has 0 fully saturated rings. The lowest BCUT2D eigenvalue weighted by Crippen LogP contribution is -2.03. The van der Waals surface area contributed by atoms with E-state index in [1.807, 2.05) is 30.3 Å². The lowest BCUT2D eigenvalue weighted by Gasteiger charge is -2.17. The normalized spacial score (nSPS) is 11.3. The van der Waals surface area contributed by atoms with Crippen LogP contribution >= 0.6 is 0 Å². The Balaban J connectivity index is 1.21. The topological polar surface area (TPSA) is 57.4 Å². The maximum Gasteiger partial charge on any atom is 0.103 e. The molecule has 0 bridgehead atoms. The zero-order valence-corrected chi connectivity index (χ0v) is 25.8. The van der Waals surface area contributed by atoms with Crippen molar-refractivity contribution in [2.24, 2.45) is 0 Å². The van der Waals surface area contributed by atoms with Crippen molar-refractivity contribution in [2.45, 2.75) is 0 Å². The second-order valence-electron chi connectivity index (χ2n) is 12.0. The van der Waals surface area contributed by atoms with Gasteiger partial charge in [0.15, 0.2) is 0 Å². The highest BCUT2D eigenvalue weighted by molar-refractivity contribution is 6.10. The van der Waals surface area contributed by atoms with Gasteiger partial charge in [-0.1, -0.05) is 109 Å². The first-order valence-corrected chi connectivity index (χ1v) is 15.9. The first kappa shape index (κ1) is 27.4. The van der Waals surface area contributed by atoms with Gasteiger partial charge in [0.05, 0.1) is 38.9 Å². The predicted octanol–water partition coefficient (Wildman–Crippen LogP) is 11.0. The Morgan fingerprint density at radius 2 is 0.896 bits per heavy atom. The summed E-state index contributed by atoms with van der Waals surface area (Å²) >= 11 is 0. The Morgan fingerprint density at radius 1 is 0.396 bits per heavy atom. The predicted molar refractivity (Wildman–Crippen MR) is 195 cm³/mol. The van der Waals surface area contributed by atoms with Crippen molar-refractivity contribution in [1.29, 1.82) is 10.5 Å².